The molecule has 1 aromatic heterocycles. The second-order valence-corrected chi connectivity index (χ2v) is 3.34. The van der Waals surface area contributed by atoms with Gasteiger partial charge in [-0.1, -0.05) is 0 Å². The van der Waals surface area contributed by atoms with E-state index in [1.165, 1.54) is 0 Å². The number of hydrogen-bond donors (Lipinski definition) is 1. The van der Waals surface area contributed by atoms with Gasteiger partial charge in [-0.05, 0) is 6.92 Å². The van der Waals surface area contributed by atoms with E-state index in [1.54, 1.807) is 6.33 Å². The van der Waals surface area contributed by atoms with Gasteiger partial charge in [-0.25, -0.2) is 4.98 Å². The standard InChI is InChI=1S/C9H14N2O2/c1-2-11-3-8(10-6-11)7-4-13-5-9(7)12/h3,6-7,9,12H,2,4-5H2,1H3. The number of aliphatic hydroxyl groups excluding tert-OH is 1. The third-order valence-electron chi connectivity index (χ3n) is 2.45. The second kappa shape index (κ2) is 3.47. The highest BCUT2D eigenvalue weighted by atomic mass is 16.5. The lowest BCUT2D eigenvalue weighted by Gasteiger charge is -2.07. The molecule has 1 N–H and O–H groups in total. The minimum Gasteiger partial charge on any atom is -0.390 e. The summed E-state index contributed by atoms with van der Waals surface area (Å²) < 4.78 is 7.17. The first-order chi connectivity index (χ1) is 6.31. The van der Waals surface area contributed by atoms with Gasteiger partial charge < -0.3 is 14.4 Å². The largest absolute Gasteiger partial charge is 0.390 e. The molecule has 1 saturated heterocycles. The SMILES string of the molecule is CCn1cnc(C2COCC2O)c1. The molecule has 1 aliphatic rings. The predicted octanol–water partition coefficient (Wildman–Crippen LogP) is 0.378. The first kappa shape index (κ1) is 8.72. The monoisotopic (exact) mass is 182 g/mol. The van der Waals surface area contributed by atoms with Crippen LogP contribution >= 0.6 is 0 Å². The van der Waals surface area contributed by atoms with E-state index in [0.29, 0.717) is 13.2 Å². The van der Waals surface area contributed by atoms with Gasteiger partial charge >= 0.3 is 0 Å². The van der Waals surface area contributed by atoms with Crippen molar-refractivity contribution in [2.75, 3.05) is 13.2 Å². The zero-order chi connectivity index (χ0) is 9.26. The average Bonchev–Trinajstić information content (AvgIpc) is 2.71. The molecule has 0 saturated carbocycles. The van der Waals surface area contributed by atoms with Gasteiger partial charge in [0.1, 0.15) is 0 Å². The van der Waals surface area contributed by atoms with E-state index in [4.69, 9.17) is 4.74 Å². The summed E-state index contributed by atoms with van der Waals surface area (Å²) in [5.74, 6) is 0.0628. The second-order valence-electron chi connectivity index (χ2n) is 3.34. The van der Waals surface area contributed by atoms with Gasteiger partial charge in [0.15, 0.2) is 0 Å². The Morgan fingerprint density at radius 1 is 1.69 bits per heavy atom. The van der Waals surface area contributed by atoms with Gasteiger partial charge in [0.05, 0.1) is 37.3 Å². The van der Waals surface area contributed by atoms with Gasteiger partial charge in [-0.15, -0.1) is 0 Å². The Kier molecular flexibility index (Phi) is 2.33. The van der Waals surface area contributed by atoms with Gasteiger partial charge in [0.2, 0.25) is 0 Å². The van der Waals surface area contributed by atoms with Crippen LogP contribution in [0.25, 0.3) is 0 Å². The average molecular weight is 182 g/mol. The van der Waals surface area contributed by atoms with E-state index in [-0.39, 0.29) is 12.0 Å². The predicted molar refractivity (Wildman–Crippen MR) is 47.5 cm³/mol. The number of rotatable bonds is 2. The van der Waals surface area contributed by atoms with Crippen molar-refractivity contribution < 1.29 is 9.84 Å². The fourth-order valence-electron chi connectivity index (χ4n) is 1.57. The molecule has 72 valence electrons. The molecule has 0 aromatic carbocycles. The molecular formula is C9H14N2O2. The molecule has 2 unspecified atom stereocenters. The number of ether oxygens (including phenoxy) is 1. The first-order valence-corrected chi connectivity index (χ1v) is 4.58. The zero-order valence-corrected chi connectivity index (χ0v) is 7.68. The lowest BCUT2D eigenvalue weighted by Crippen LogP contribution is -2.15. The Labute approximate surface area is 77.2 Å². The number of hydrogen-bond acceptors (Lipinski definition) is 3. The topological polar surface area (TPSA) is 47.3 Å². The van der Waals surface area contributed by atoms with E-state index >= 15 is 0 Å². The van der Waals surface area contributed by atoms with E-state index in [2.05, 4.69) is 11.9 Å². The Balaban J connectivity index is 2.15. The van der Waals surface area contributed by atoms with Crippen LogP contribution in [0.2, 0.25) is 0 Å². The lowest BCUT2D eigenvalue weighted by atomic mass is 10.0. The van der Waals surface area contributed by atoms with E-state index in [0.717, 1.165) is 12.2 Å². The van der Waals surface area contributed by atoms with E-state index in [9.17, 15) is 5.11 Å². The molecule has 2 heterocycles. The molecule has 2 rings (SSSR count). The highest BCUT2D eigenvalue weighted by Gasteiger charge is 2.29. The molecule has 4 nitrogen and oxygen atoms in total. The summed E-state index contributed by atoms with van der Waals surface area (Å²) in [6.07, 6.45) is 3.38. The first-order valence-electron chi connectivity index (χ1n) is 4.58. The highest BCUT2D eigenvalue weighted by molar-refractivity contribution is 5.09. The van der Waals surface area contributed by atoms with E-state index in [1.807, 2.05) is 10.8 Å². The fraction of sp³-hybridized carbons (Fsp3) is 0.667. The van der Waals surface area contributed by atoms with Crippen LogP contribution in [0, 0.1) is 0 Å². The van der Waals surface area contributed by atoms with Gasteiger partial charge in [-0.3, -0.25) is 0 Å². The van der Waals surface area contributed by atoms with Crippen LogP contribution in [0.5, 0.6) is 0 Å². The van der Waals surface area contributed by atoms with Gasteiger partial charge in [0.25, 0.3) is 0 Å². The van der Waals surface area contributed by atoms with Crippen molar-refractivity contribution in [1.29, 1.82) is 0 Å². The lowest BCUT2D eigenvalue weighted by molar-refractivity contribution is 0.124. The van der Waals surface area contributed by atoms with Crippen molar-refractivity contribution >= 4 is 0 Å². The molecule has 0 spiro atoms. The molecule has 1 fully saturated rings. The summed E-state index contributed by atoms with van der Waals surface area (Å²) in [4.78, 5) is 4.24. The molecule has 0 amide bonds. The maximum atomic E-state index is 9.55. The Bertz CT molecular complexity index is 285. The number of nitrogens with zero attached hydrogens (tertiary/aromatic N) is 2. The summed E-state index contributed by atoms with van der Waals surface area (Å²) in [7, 11) is 0. The number of imidazole rings is 1. The van der Waals surface area contributed by atoms with Crippen LogP contribution < -0.4 is 0 Å². The van der Waals surface area contributed by atoms with Crippen molar-refractivity contribution in [2.24, 2.45) is 0 Å². The molecule has 0 aliphatic carbocycles. The molecule has 1 aromatic rings. The maximum absolute atomic E-state index is 9.55. The third-order valence-corrected chi connectivity index (χ3v) is 2.45. The number of aromatic nitrogens is 2. The van der Waals surface area contributed by atoms with Crippen molar-refractivity contribution in [1.82, 2.24) is 9.55 Å². The van der Waals surface area contributed by atoms with Crippen LogP contribution in [-0.2, 0) is 11.3 Å². The molecule has 4 heteroatoms. The smallest absolute Gasteiger partial charge is 0.0949 e. The maximum Gasteiger partial charge on any atom is 0.0949 e. The molecule has 0 radical (unpaired) electrons. The van der Waals surface area contributed by atoms with Crippen molar-refractivity contribution in [3.05, 3.63) is 18.2 Å². The molecule has 0 bridgehead atoms. The van der Waals surface area contributed by atoms with Crippen molar-refractivity contribution in [3.63, 3.8) is 0 Å². The summed E-state index contributed by atoms with van der Waals surface area (Å²) in [5.41, 5.74) is 0.937. The van der Waals surface area contributed by atoms with E-state index < -0.39 is 0 Å². The van der Waals surface area contributed by atoms with Gasteiger partial charge in [-0.2, -0.15) is 0 Å². The Morgan fingerprint density at radius 3 is 3.08 bits per heavy atom. The number of aryl methyl sites for hydroxylation is 1. The fourth-order valence-corrected chi connectivity index (χ4v) is 1.57. The zero-order valence-electron chi connectivity index (χ0n) is 7.68. The highest BCUT2D eigenvalue weighted by Crippen LogP contribution is 2.23. The van der Waals surface area contributed by atoms with Crippen LogP contribution in [-0.4, -0.2) is 34.0 Å². The Morgan fingerprint density at radius 2 is 2.54 bits per heavy atom. The number of aliphatic hydroxyl groups is 1. The van der Waals surface area contributed by atoms with Crippen molar-refractivity contribution in [2.45, 2.75) is 25.5 Å². The minimum absolute atomic E-state index is 0.0628. The molecule has 13 heavy (non-hydrogen) atoms. The van der Waals surface area contributed by atoms with Crippen molar-refractivity contribution in [3.8, 4) is 0 Å². The van der Waals surface area contributed by atoms with Crippen LogP contribution in [0.15, 0.2) is 12.5 Å². The normalized spacial score (nSPS) is 28.2. The van der Waals surface area contributed by atoms with Crippen LogP contribution in [0.3, 0.4) is 0 Å². The van der Waals surface area contributed by atoms with Crippen LogP contribution in [0.1, 0.15) is 18.5 Å². The molecule has 1 aliphatic heterocycles. The summed E-state index contributed by atoms with van der Waals surface area (Å²) in [6.45, 7) is 4.00. The third kappa shape index (κ3) is 1.59. The summed E-state index contributed by atoms with van der Waals surface area (Å²) in [6, 6.07) is 0. The molecular weight excluding hydrogens is 168 g/mol. The summed E-state index contributed by atoms with van der Waals surface area (Å²) in [5, 5.41) is 9.55. The summed E-state index contributed by atoms with van der Waals surface area (Å²) >= 11 is 0. The Hall–Kier alpha value is -0.870. The van der Waals surface area contributed by atoms with Gasteiger partial charge in [0, 0.05) is 12.7 Å². The minimum atomic E-state index is -0.389. The van der Waals surface area contributed by atoms with Crippen LogP contribution in [0.4, 0.5) is 0 Å². The quantitative estimate of drug-likeness (QED) is 0.719. The molecule has 2 atom stereocenters.